The van der Waals surface area contributed by atoms with Gasteiger partial charge in [0.05, 0.1) is 17.1 Å². The Balaban J connectivity index is 1.09. The number of nitrogens with zero attached hydrogens (tertiary/aromatic N) is 7. The number of pyridine rings is 1. The third-order valence-electron chi connectivity index (χ3n) is 7.54. The normalized spacial score (nSPS) is 18.8. The molecule has 10 nitrogen and oxygen atoms in total. The standard InChI is InChI=1S/C27H29N7O3/c1-16-4-7-23(28-14-16)34-15-20(13-24(34)35)27(36)33-10-8-18(9-11-33)26-29-25(31-37-26)19-5-6-21-17(2)30-32(3)22(21)12-19/h4-7,12,14,18,20H,8-11,13,15H2,1-3H3/t20-/m1/s1. The van der Waals surface area contributed by atoms with E-state index >= 15 is 0 Å². The fraction of sp³-hybridized carbons (Fsp3) is 0.407. The van der Waals surface area contributed by atoms with Crippen molar-refractivity contribution >= 4 is 28.5 Å². The number of carbonyl (C=O) groups is 2. The van der Waals surface area contributed by atoms with Gasteiger partial charge in [0.2, 0.25) is 23.5 Å². The third-order valence-corrected chi connectivity index (χ3v) is 7.54. The third kappa shape index (κ3) is 4.26. The molecule has 0 unspecified atom stereocenters. The van der Waals surface area contributed by atoms with Crippen LogP contribution in [0.25, 0.3) is 22.3 Å². The van der Waals surface area contributed by atoms with Crippen LogP contribution < -0.4 is 4.90 Å². The molecule has 2 amide bonds. The van der Waals surface area contributed by atoms with Crippen LogP contribution in [0.3, 0.4) is 0 Å². The molecular formula is C27H29N7O3. The summed E-state index contributed by atoms with van der Waals surface area (Å²) in [4.78, 5) is 38.3. The molecule has 2 aliphatic heterocycles. The molecule has 0 saturated carbocycles. The lowest BCUT2D eigenvalue weighted by Gasteiger charge is -2.32. The van der Waals surface area contributed by atoms with Crippen molar-refractivity contribution in [1.82, 2.24) is 29.8 Å². The summed E-state index contributed by atoms with van der Waals surface area (Å²) in [6, 6.07) is 9.82. The highest BCUT2D eigenvalue weighted by atomic mass is 16.5. The molecule has 0 aliphatic carbocycles. The van der Waals surface area contributed by atoms with E-state index in [1.54, 1.807) is 11.1 Å². The van der Waals surface area contributed by atoms with Gasteiger partial charge in [0.25, 0.3) is 0 Å². The van der Waals surface area contributed by atoms with E-state index < -0.39 is 0 Å². The number of anilines is 1. The highest BCUT2D eigenvalue weighted by molar-refractivity contribution is 5.99. The summed E-state index contributed by atoms with van der Waals surface area (Å²) < 4.78 is 7.50. The number of piperidine rings is 1. The minimum absolute atomic E-state index is 0.0346. The number of carbonyl (C=O) groups excluding carboxylic acids is 2. The van der Waals surface area contributed by atoms with Gasteiger partial charge in [0.1, 0.15) is 5.82 Å². The van der Waals surface area contributed by atoms with Gasteiger partial charge in [-0.3, -0.25) is 19.2 Å². The molecule has 1 atom stereocenters. The molecule has 5 heterocycles. The average Bonchev–Trinajstić information content (AvgIpc) is 3.62. The number of aryl methyl sites for hydroxylation is 3. The number of rotatable bonds is 4. The van der Waals surface area contributed by atoms with Gasteiger partial charge in [0, 0.05) is 56.2 Å². The zero-order chi connectivity index (χ0) is 25.7. The van der Waals surface area contributed by atoms with Crippen LogP contribution in [0, 0.1) is 19.8 Å². The number of aromatic nitrogens is 5. The number of hydrogen-bond donors (Lipinski definition) is 0. The molecule has 3 aromatic heterocycles. The topological polar surface area (TPSA) is 110 Å². The monoisotopic (exact) mass is 499 g/mol. The second-order valence-corrected chi connectivity index (χ2v) is 10.1. The first-order valence-electron chi connectivity index (χ1n) is 12.7. The zero-order valence-electron chi connectivity index (χ0n) is 21.2. The molecule has 10 heteroatoms. The summed E-state index contributed by atoms with van der Waals surface area (Å²) in [5, 5.41) is 9.81. The van der Waals surface area contributed by atoms with Crippen molar-refractivity contribution in [1.29, 1.82) is 0 Å². The first kappa shape index (κ1) is 23.3. The van der Waals surface area contributed by atoms with Crippen LogP contribution in [0.15, 0.2) is 41.1 Å². The van der Waals surface area contributed by atoms with Crippen LogP contribution in [0.1, 0.15) is 42.3 Å². The second-order valence-electron chi connectivity index (χ2n) is 10.1. The van der Waals surface area contributed by atoms with E-state index in [4.69, 9.17) is 4.52 Å². The maximum absolute atomic E-state index is 13.2. The predicted octanol–water partition coefficient (Wildman–Crippen LogP) is 3.39. The maximum atomic E-state index is 13.2. The Hall–Kier alpha value is -4.08. The van der Waals surface area contributed by atoms with Crippen molar-refractivity contribution in [2.24, 2.45) is 13.0 Å². The van der Waals surface area contributed by atoms with Gasteiger partial charge >= 0.3 is 0 Å². The number of hydrogen-bond acceptors (Lipinski definition) is 7. The molecule has 0 spiro atoms. The highest BCUT2D eigenvalue weighted by Gasteiger charge is 2.39. The maximum Gasteiger partial charge on any atom is 0.230 e. The summed E-state index contributed by atoms with van der Waals surface area (Å²) in [5.74, 6) is 1.52. The molecule has 0 radical (unpaired) electrons. The number of benzene rings is 1. The van der Waals surface area contributed by atoms with Crippen molar-refractivity contribution in [3.05, 3.63) is 53.7 Å². The van der Waals surface area contributed by atoms with Crippen LogP contribution in [0.2, 0.25) is 0 Å². The Morgan fingerprint density at radius 2 is 1.92 bits per heavy atom. The van der Waals surface area contributed by atoms with E-state index in [0.29, 0.717) is 37.2 Å². The summed E-state index contributed by atoms with van der Waals surface area (Å²) in [6.45, 7) is 5.54. The summed E-state index contributed by atoms with van der Waals surface area (Å²) in [5.41, 5.74) is 3.93. The van der Waals surface area contributed by atoms with Crippen LogP contribution in [0.5, 0.6) is 0 Å². The van der Waals surface area contributed by atoms with Crippen molar-refractivity contribution in [2.45, 2.75) is 39.0 Å². The highest BCUT2D eigenvalue weighted by Crippen LogP contribution is 2.32. The second kappa shape index (κ2) is 9.10. The lowest BCUT2D eigenvalue weighted by Crippen LogP contribution is -2.42. The molecule has 6 rings (SSSR count). The van der Waals surface area contributed by atoms with E-state index in [1.165, 1.54) is 0 Å². The Morgan fingerprint density at radius 1 is 1.11 bits per heavy atom. The van der Waals surface area contributed by atoms with Crippen LogP contribution in [0.4, 0.5) is 5.82 Å². The van der Waals surface area contributed by atoms with Gasteiger partial charge in [0.15, 0.2) is 0 Å². The van der Waals surface area contributed by atoms with E-state index in [2.05, 4.69) is 20.2 Å². The minimum Gasteiger partial charge on any atom is -0.342 e. The zero-order valence-corrected chi connectivity index (χ0v) is 21.2. The van der Waals surface area contributed by atoms with E-state index in [1.807, 2.05) is 60.8 Å². The summed E-state index contributed by atoms with van der Waals surface area (Å²) in [7, 11) is 1.92. The SMILES string of the molecule is Cc1ccc(N2C[C@H](C(=O)N3CCC(c4nc(-c5ccc6c(C)nn(C)c6c5)no4)CC3)CC2=O)nc1. The number of likely N-dealkylation sites (tertiary alicyclic amines) is 1. The van der Waals surface area contributed by atoms with Crippen molar-refractivity contribution in [3.63, 3.8) is 0 Å². The van der Waals surface area contributed by atoms with Gasteiger partial charge in [-0.1, -0.05) is 23.4 Å². The molecule has 1 aromatic carbocycles. The largest absolute Gasteiger partial charge is 0.342 e. The van der Waals surface area contributed by atoms with Crippen LogP contribution in [-0.2, 0) is 16.6 Å². The molecule has 2 saturated heterocycles. The molecule has 0 bridgehead atoms. The molecule has 4 aromatic rings. The summed E-state index contributed by atoms with van der Waals surface area (Å²) in [6.07, 6.45) is 3.46. The Kier molecular flexibility index (Phi) is 5.73. The Bertz CT molecular complexity index is 1480. The average molecular weight is 500 g/mol. The van der Waals surface area contributed by atoms with Gasteiger partial charge in [-0.15, -0.1) is 0 Å². The molecule has 2 aliphatic rings. The number of fused-ring (bicyclic) bond motifs is 1. The van der Waals surface area contributed by atoms with Crippen LogP contribution in [-0.4, -0.2) is 61.3 Å². The van der Waals surface area contributed by atoms with Gasteiger partial charge < -0.3 is 9.42 Å². The van der Waals surface area contributed by atoms with E-state index in [0.717, 1.165) is 40.6 Å². The first-order chi connectivity index (χ1) is 17.9. The Labute approximate surface area is 214 Å². The smallest absolute Gasteiger partial charge is 0.230 e. The van der Waals surface area contributed by atoms with E-state index in [-0.39, 0.29) is 30.1 Å². The lowest BCUT2D eigenvalue weighted by molar-refractivity contribution is -0.136. The molecule has 37 heavy (non-hydrogen) atoms. The van der Waals surface area contributed by atoms with Crippen molar-refractivity contribution in [2.75, 3.05) is 24.5 Å². The fourth-order valence-electron chi connectivity index (χ4n) is 5.41. The van der Waals surface area contributed by atoms with Crippen molar-refractivity contribution < 1.29 is 14.1 Å². The molecule has 190 valence electrons. The minimum atomic E-state index is -0.340. The van der Waals surface area contributed by atoms with E-state index in [9.17, 15) is 9.59 Å². The molecule has 2 fully saturated rings. The quantitative estimate of drug-likeness (QED) is 0.423. The lowest BCUT2D eigenvalue weighted by atomic mass is 9.95. The Morgan fingerprint density at radius 3 is 2.68 bits per heavy atom. The first-order valence-corrected chi connectivity index (χ1v) is 12.7. The summed E-state index contributed by atoms with van der Waals surface area (Å²) >= 11 is 0. The molecular weight excluding hydrogens is 470 g/mol. The van der Waals surface area contributed by atoms with Gasteiger partial charge in [-0.05, 0) is 44.4 Å². The van der Waals surface area contributed by atoms with Gasteiger partial charge in [-0.25, -0.2) is 4.98 Å². The number of amides is 2. The molecule has 0 N–H and O–H groups in total. The fourth-order valence-corrected chi connectivity index (χ4v) is 5.41. The van der Waals surface area contributed by atoms with Crippen LogP contribution >= 0.6 is 0 Å². The predicted molar refractivity (Wildman–Crippen MR) is 137 cm³/mol. The van der Waals surface area contributed by atoms with Gasteiger partial charge in [-0.2, -0.15) is 10.1 Å². The van der Waals surface area contributed by atoms with Crippen molar-refractivity contribution in [3.8, 4) is 11.4 Å².